The molecule has 0 bridgehead atoms. The van der Waals surface area contributed by atoms with Crippen LogP contribution in [0, 0.1) is 31.1 Å². The first-order valence-corrected chi connectivity index (χ1v) is 10.8. The molecule has 1 aliphatic heterocycles. The summed E-state index contributed by atoms with van der Waals surface area (Å²) in [6.45, 7) is 10.4. The van der Waals surface area contributed by atoms with Crippen molar-refractivity contribution in [2.45, 2.75) is 53.6 Å². The fourth-order valence-electron chi connectivity index (χ4n) is 3.92. The van der Waals surface area contributed by atoms with E-state index < -0.39 is 5.91 Å². The van der Waals surface area contributed by atoms with E-state index in [-0.39, 0.29) is 11.5 Å². The van der Waals surface area contributed by atoms with E-state index in [1.54, 1.807) is 11.0 Å². The molecule has 2 heterocycles. The molecule has 0 spiro atoms. The van der Waals surface area contributed by atoms with Crippen molar-refractivity contribution in [1.29, 1.82) is 5.26 Å². The monoisotopic (exact) mass is 418 g/mol. The summed E-state index contributed by atoms with van der Waals surface area (Å²) in [5.41, 5.74) is 4.95. The number of nitriles is 1. The molecule has 1 aromatic heterocycles. The Kier molecular flexibility index (Phi) is 6.96. The number of anilines is 1. The Morgan fingerprint density at radius 1 is 1.26 bits per heavy atom. The molecule has 3 rings (SSSR count). The summed E-state index contributed by atoms with van der Waals surface area (Å²) < 4.78 is 2.22. The van der Waals surface area contributed by atoms with Crippen molar-refractivity contribution in [3.8, 4) is 6.07 Å². The second-order valence-electron chi connectivity index (χ2n) is 8.50. The molecule has 1 aliphatic rings. The number of hydrogen-bond acceptors (Lipinski definition) is 3. The van der Waals surface area contributed by atoms with Gasteiger partial charge in [0.05, 0.1) is 0 Å². The lowest BCUT2D eigenvalue weighted by molar-refractivity contribution is -0.117. The van der Waals surface area contributed by atoms with Gasteiger partial charge in [-0.25, -0.2) is 0 Å². The van der Waals surface area contributed by atoms with Gasteiger partial charge in [0.25, 0.3) is 5.91 Å². The predicted octanol–water partition coefficient (Wildman–Crippen LogP) is 4.11. The van der Waals surface area contributed by atoms with Gasteiger partial charge in [0, 0.05) is 43.1 Å². The number of hydrogen-bond donors (Lipinski definition) is 1. The molecule has 2 aromatic rings. The number of carbonyl (C=O) groups excluding carboxylic acids is 2. The summed E-state index contributed by atoms with van der Waals surface area (Å²) in [4.78, 5) is 26.2. The molecule has 2 amide bonds. The molecular weight excluding hydrogens is 388 g/mol. The van der Waals surface area contributed by atoms with E-state index in [1.807, 2.05) is 50.2 Å². The zero-order chi connectivity index (χ0) is 22.5. The molecule has 6 heteroatoms. The van der Waals surface area contributed by atoms with Crippen LogP contribution in [0.15, 0.2) is 35.9 Å². The first-order valence-electron chi connectivity index (χ1n) is 10.8. The van der Waals surface area contributed by atoms with Gasteiger partial charge in [-0.1, -0.05) is 26.0 Å². The molecule has 1 N–H and O–H groups in total. The Morgan fingerprint density at radius 2 is 1.97 bits per heavy atom. The summed E-state index contributed by atoms with van der Waals surface area (Å²) in [7, 11) is 0. The van der Waals surface area contributed by atoms with Gasteiger partial charge in [-0.15, -0.1) is 0 Å². The maximum absolute atomic E-state index is 12.6. The number of aryl methyl sites for hydroxylation is 1. The second-order valence-corrected chi connectivity index (χ2v) is 8.50. The predicted molar refractivity (Wildman–Crippen MR) is 122 cm³/mol. The first kappa shape index (κ1) is 22.4. The highest BCUT2D eigenvalue weighted by molar-refractivity contribution is 6.01. The van der Waals surface area contributed by atoms with Crippen LogP contribution in [0.1, 0.15) is 49.2 Å². The topological polar surface area (TPSA) is 78.1 Å². The van der Waals surface area contributed by atoms with E-state index in [2.05, 4.69) is 23.7 Å². The van der Waals surface area contributed by atoms with Gasteiger partial charge in [-0.3, -0.25) is 9.59 Å². The summed E-state index contributed by atoms with van der Waals surface area (Å²) in [6.07, 6.45) is 3.15. The normalized spacial score (nSPS) is 14.3. The molecule has 0 radical (unpaired) electrons. The molecule has 1 saturated heterocycles. The van der Waals surface area contributed by atoms with Crippen LogP contribution >= 0.6 is 0 Å². The minimum atomic E-state index is -0.394. The molecule has 6 nitrogen and oxygen atoms in total. The first-order chi connectivity index (χ1) is 14.8. The lowest BCUT2D eigenvalue weighted by Crippen LogP contribution is -2.25. The van der Waals surface area contributed by atoms with Crippen molar-refractivity contribution >= 4 is 23.6 Å². The van der Waals surface area contributed by atoms with E-state index in [4.69, 9.17) is 0 Å². The van der Waals surface area contributed by atoms with Crippen LogP contribution in [0.2, 0.25) is 0 Å². The van der Waals surface area contributed by atoms with Gasteiger partial charge in [0.2, 0.25) is 5.91 Å². The molecule has 0 saturated carbocycles. The van der Waals surface area contributed by atoms with E-state index in [9.17, 15) is 14.9 Å². The van der Waals surface area contributed by atoms with Crippen LogP contribution in [0.25, 0.3) is 6.08 Å². The SMILES string of the molecule is Cc1cc(/C=C(\C#N)C(=O)NCc2ccc(N3CCCC3=O)cc2)c(C)n1CC(C)C. The maximum Gasteiger partial charge on any atom is 0.262 e. The number of aromatic nitrogens is 1. The molecule has 162 valence electrons. The molecule has 1 fully saturated rings. The van der Waals surface area contributed by atoms with Crippen molar-refractivity contribution in [1.82, 2.24) is 9.88 Å². The molecule has 0 aliphatic carbocycles. The number of rotatable bonds is 7. The minimum absolute atomic E-state index is 0.0871. The Balaban J connectivity index is 1.66. The summed E-state index contributed by atoms with van der Waals surface area (Å²) in [6, 6.07) is 11.6. The molecule has 0 unspecified atom stereocenters. The van der Waals surface area contributed by atoms with Crippen LogP contribution in [0.4, 0.5) is 5.69 Å². The Bertz CT molecular complexity index is 1040. The van der Waals surface area contributed by atoms with Crippen LogP contribution in [-0.2, 0) is 22.7 Å². The van der Waals surface area contributed by atoms with Gasteiger partial charge in [0.1, 0.15) is 11.6 Å². The highest BCUT2D eigenvalue weighted by atomic mass is 16.2. The molecule has 1 aromatic carbocycles. The Morgan fingerprint density at radius 3 is 2.55 bits per heavy atom. The van der Waals surface area contributed by atoms with Crippen LogP contribution < -0.4 is 10.2 Å². The third-order valence-electron chi connectivity index (χ3n) is 5.60. The average molecular weight is 419 g/mol. The number of carbonyl (C=O) groups is 2. The van der Waals surface area contributed by atoms with Gasteiger partial charge in [-0.05, 0) is 61.6 Å². The van der Waals surface area contributed by atoms with Gasteiger partial charge in [-0.2, -0.15) is 5.26 Å². The summed E-state index contributed by atoms with van der Waals surface area (Å²) >= 11 is 0. The van der Waals surface area contributed by atoms with E-state index in [1.165, 1.54) is 0 Å². The summed E-state index contributed by atoms with van der Waals surface area (Å²) in [5, 5.41) is 12.4. The van der Waals surface area contributed by atoms with E-state index in [0.717, 1.165) is 47.7 Å². The number of nitrogens with zero attached hydrogens (tertiary/aromatic N) is 3. The van der Waals surface area contributed by atoms with Gasteiger partial charge in [0.15, 0.2) is 0 Å². The van der Waals surface area contributed by atoms with Crippen LogP contribution in [0.5, 0.6) is 0 Å². The zero-order valence-electron chi connectivity index (χ0n) is 18.7. The third kappa shape index (κ3) is 5.24. The average Bonchev–Trinajstić information content (AvgIpc) is 3.28. The van der Waals surface area contributed by atoms with Crippen molar-refractivity contribution < 1.29 is 9.59 Å². The third-order valence-corrected chi connectivity index (χ3v) is 5.60. The second kappa shape index (κ2) is 9.65. The summed E-state index contributed by atoms with van der Waals surface area (Å²) in [5.74, 6) is 0.267. The number of nitrogens with one attached hydrogen (secondary N) is 1. The number of amides is 2. The largest absolute Gasteiger partial charge is 0.348 e. The fraction of sp³-hybridized carbons (Fsp3) is 0.400. The molecular formula is C25H30N4O2. The Labute approximate surface area is 184 Å². The van der Waals surface area contributed by atoms with Crippen LogP contribution in [0.3, 0.4) is 0 Å². The quantitative estimate of drug-likeness (QED) is 0.543. The maximum atomic E-state index is 12.6. The minimum Gasteiger partial charge on any atom is -0.348 e. The Hall–Kier alpha value is -3.33. The zero-order valence-corrected chi connectivity index (χ0v) is 18.7. The van der Waals surface area contributed by atoms with Crippen molar-refractivity contribution in [2.24, 2.45) is 5.92 Å². The van der Waals surface area contributed by atoms with Crippen molar-refractivity contribution in [2.75, 3.05) is 11.4 Å². The molecule has 0 atom stereocenters. The van der Waals surface area contributed by atoms with Gasteiger partial charge >= 0.3 is 0 Å². The lowest BCUT2D eigenvalue weighted by Gasteiger charge is -2.16. The van der Waals surface area contributed by atoms with Crippen molar-refractivity contribution in [3.05, 3.63) is 58.4 Å². The van der Waals surface area contributed by atoms with Gasteiger partial charge < -0.3 is 14.8 Å². The van der Waals surface area contributed by atoms with E-state index >= 15 is 0 Å². The van der Waals surface area contributed by atoms with Crippen LogP contribution in [-0.4, -0.2) is 22.9 Å². The number of benzene rings is 1. The highest BCUT2D eigenvalue weighted by Gasteiger charge is 2.21. The lowest BCUT2D eigenvalue weighted by atomic mass is 10.1. The molecule has 31 heavy (non-hydrogen) atoms. The smallest absolute Gasteiger partial charge is 0.262 e. The highest BCUT2D eigenvalue weighted by Crippen LogP contribution is 2.22. The standard InChI is InChI=1S/C25H30N4O2/c1-17(2)16-29-18(3)12-21(19(29)4)13-22(14-26)25(31)27-15-20-7-9-23(10-8-20)28-11-5-6-24(28)30/h7-10,12-13,17H,5-6,11,15-16H2,1-4H3,(H,27,31)/b22-13+. The van der Waals surface area contributed by atoms with Crippen molar-refractivity contribution in [3.63, 3.8) is 0 Å². The fourth-order valence-corrected chi connectivity index (χ4v) is 3.92. The van der Waals surface area contributed by atoms with E-state index in [0.29, 0.717) is 18.9 Å².